The number of hydrogen-bond donors (Lipinski definition) is 1. The topological polar surface area (TPSA) is 58.4 Å². The third-order valence-corrected chi connectivity index (χ3v) is 6.19. The van der Waals surface area contributed by atoms with Gasteiger partial charge in [0.1, 0.15) is 0 Å². The van der Waals surface area contributed by atoms with Crippen LogP contribution in [0.5, 0.6) is 0 Å². The second-order valence-electron chi connectivity index (χ2n) is 7.98. The fraction of sp³-hybridized carbons (Fsp3) is 0.304. The quantitative estimate of drug-likeness (QED) is 0.748. The van der Waals surface area contributed by atoms with Gasteiger partial charge in [-0.2, -0.15) is 0 Å². The Bertz CT molecular complexity index is 1070. The van der Waals surface area contributed by atoms with Gasteiger partial charge in [-0.25, -0.2) is 4.98 Å². The van der Waals surface area contributed by atoms with E-state index in [1.54, 1.807) is 19.0 Å². The lowest BCUT2D eigenvalue weighted by atomic mass is 9.75. The van der Waals surface area contributed by atoms with Crippen molar-refractivity contribution < 1.29 is 9.90 Å². The van der Waals surface area contributed by atoms with Crippen molar-refractivity contribution in [1.29, 1.82) is 0 Å². The van der Waals surface area contributed by atoms with Gasteiger partial charge >= 0.3 is 0 Å². The van der Waals surface area contributed by atoms with Crippen LogP contribution in [-0.4, -0.2) is 39.6 Å². The Kier molecular flexibility index (Phi) is 3.88. The van der Waals surface area contributed by atoms with Gasteiger partial charge in [-0.05, 0) is 41.7 Å². The van der Waals surface area contributed by atoms with Gasteiger partial charge in [-0.15, -0.1) is 0 Å². The Morgan fingerprint density at radius 3 is 2.82 bits per heavy atom. The first-order valence-electron chi connectivity index (χ1n) is 9.70. The van der Waals surface area contributed by atoms with Crippen LogP contribution >= 0.6 is 0 Å². The fourth-order valence-corrected chi connectivity index (χ4v) is 4.85. The van der Waals surface area contributed by atoms with E-state index in [4.69, 9.17) is 0 Å². The molecule has 2 heterocycles. The summed E-state index contributed by atoms with van der Waals surface area (Å²) in [5.74, 6) is 0.0618. The summed E-state index contributed by atoms with van der Waals surface area (Å²) in [5, 5.41) is 11.3. The molecule has 1 aromatic heterocycles. The highest BCUT2D eigenvalue weighted by Gasteiger charge is 2.40. The number of imidazole rings is 1. The van der Waals surface area contributed by atoms with Crippen molar-refractivity contribution in [2.75, 3.05) is 14.1 Å². The molecule has 0 saturated carbocycles. The van der Waals surface area contributed by atoms with E-state index < -0.39 is 6.10 Å². The molecule has 0 unspecified atom stereocenters. The van der Waals surface area contributed by atoms with E-state index in [1.165, 1.54) is 11.1 Å². The van der Waals surface area contributed by atoms with Gasteiger partial charge in [0.25, 0.3) is 5.91 Å². The first-order valence-corrected chi connectivity index (χ1v) is 9.70. The number of fused-ring (bicyclic) bond motifs is 4. The Labute approximate surface area is 164 Å². The molecule has 5 heteroatoms. The molecular formula is C23H23N3O2. The summed E-state index contributed by atoms with van der Waals surface area (Å²) in [6.07, 6.45) is 4.93. The molecule has 0 radical (unpaired) electrons. The van der Waals surface area contributed by atoms with E-state index in [0.29, 0.717) is 5.56 Å². The number of hydrogen-bond acceptors (Lipinski definition) is 3. The Morgan fingerprint density at radius 2 is 2.00 bits per heavy atom. The van der Waals surface area contributed by atoms with Crippen molar-refractivity contribution in [2.45, 2.75) is 25.0 Å². The van der Waals surface area contributed by atoms with E-state index in [0.717, 1.165) is 29.7 Å². The summed E-state index contributed by atoms with van der Waals surface area (Å²) >= 11 is 0. The van der Waals surface area contributed by atoms with E-state index >= 15 is 0 Å². The molecule has 0 fully saturated rings. The van der Waals surface area contributed by atoms with E-state index in [1.807, 2.05) is 30.7 Å². The van der Waals surface area contributed by atoms with Crippen molar-refractivity contribution in [3.8, 4) is 11.3 Å². The highest BCUT2D eigenvalue weighted by molar-refractivity contribution is 5.94. The molecule has 2 aromatic carbocycles. The molecule has 142 valence electrons. The molecule has 1 N–H and O–H groups in total. The zero-order valence-corrected chi connectivity index (χ0v) is 16.0. The summed E-state index contributed by atoms with van der Waals surface area (Å²) in [6.45, 7) is 0. The summed E-state index contributed by atoms with van der Waals surface area (Å²) in [6, 6.07) is 14.2. The van der Waals surface area contributed by atoms with Gasteiger partial charge in [-0.3, -0.25) is 4.79 Å². The van der Waals surface area contributed by atoms with Crippen LogP contribution in [0.2, 0.25) is 0 Å². The molecule has 0 bridgehead atoms. The number of nitrogens with zero attached hydrogens (tertiary/aromatic N) is 3. The Morgan fingerprint density at radius 1 is 1.18 bits per heavy atom. The molecule has 0 spiro atoms. The van der Waals surface area contributed by atoms with Crippen LogP contribution in [0.3, 0.4) is 0 Å². The fourth-order valence-electron chi connectivity index (χ4n) is 4.85. The number of rotatable bonds is 2. The van der Waals surface area contributed by atoms with Crippen molar-refractivity contribution >= 4 is 5.91 Å². The third-order valence-electron chi connectivity index (χ3n) is 6.19. The normalized spacial score (nSPS) is 22.3. The van der Waals surface area contributed by atoms with Crippen LogP contribution < -0.4 is 0 Å². The maximum absolute atomic E-state index is 12.3. The molecule has 28 heavy (non-hydrogen) atoms. The number of carbonyl (C=O) groups is 1. The van der Waals surface area contributed by atoms with E-state index in [-0.39, 0.29) is 17.9 Å². The summed E-state index contributed by atoms with van der Waals surface area (Å²) in [5.41, 5.74) is 6.27. The van der Waals surface area contributed by atoms with Crippen molar-refractivity contribution in [2.24, 2.45) is 5.92 Å². The molecule has 3 atom stereocenters. The lowest BCUT2D eigenvalue weighted by Gasteiger charge is -2.35. The third kappa shape index (κ3) is 2.43. The summed E-state index contributed by atoms with van der Waals surface area (Å²) in [7, 11) is 3.51. The second-order valence-corrected chi connectivity index (χ2v) is 7.98. The standard InChI is InChI=1S/C23H23N3O2/c1-25(2)23(28)15-8-9-16-14(11-15)7-10-19(22(16)27)21-18-6-4-3-5-17(18)20-12-24-13-26(20)21/h3-6,8-9,11-13,19,21-22,27H,7,10H2,1-2H3/t19-,21+,22-/m0/s1. The molecule has 5 rings (SSSR count). The average Bonchev–Trinajstić information content (AvgIpc) is 3.29. The highest BCUT2D eigenvalue weighted by atomic mass is 16.3. The van der Waals surface area contributed by atoms with Crippen molar-refractivity contribution in [1.82, 2.24) is 14.5 Å². The van der Waals surface area contributed by atoms with E-state index in [2.05, 4.69) is 33.8 Å². The first-order chi connectivity index (χ1) is 13.6. The van der Waals surface area contributed by atoms with Crippen LogP contribution in [0.15, 0.2) is 55.0 Å². The maximum atomic E-state index is 12.3. The number of benzene rings is 2. The number of carbonyl (C=O) groups excluding carboxylic acids is 1. The number of aliphatic hydroxyl groups is 1. The minimum absolute atomic E-state index is 0.00723. The van der Waals surface area contributed by atoms with Crippen LogP contribution in [0.1, 0.15) is 45.6 Å². The van der Waals surface area contributed by atoms with E-state index in [9.17, 15) is 9.90 Å². The Balaban J connectivity index is 1.53. The smallest absolute Gasteiger partial charge is 0.253 e. The Hall–Kier alpha value is -2.92. The van der Waals surface area contributed by atoms with Crippen LogP contribution in [0, 0.1) is 5.92 Å². The zero-order valence-electron chi connectivity index (χ0n) is 16.0. The van der Waals surface area contributed by atoms with Crippen molar-refractivity contribution in [3.63, 3.8) is 0 Å². The predicted molar refractivity (Wildman–Crippen MR) is 107 cm³/mol. The molecule has 5 nitrogen and oxygen atoms in total. The molecular weight excluding hydrogens is 350 g/mol. The summed E-state index contributed by atoms with van der Waals surface area (Å²) in [4.78, 5) is 18.2. The monoisotopic (exact) mass is 373 g/mol. The highest BCUT2D eigenvalue weighted by Crippen LogP contribution is 2.49. The summed E-state index contributed by atoms with van der Waals surface area (Å²) < 4.78 is 2.20. The minimum Gasteiger partial charge on any atom is -0.388 e. The molecule has 1 aliphatic heterocycles. The van der Waals surface area contributed by atoms with Gasteiger partial charge in [-0.1, -0.05) is 30.3 Å². The number of aliphatic hydroxyl groups excluding tert-OH is 1. The minimum atomic E-state index is -0.571. The van der Waals surface area contributed by atoms with Gasteiger partial charge in [0.15, 0.2) is 0 Å². The lowest BCUT2D eigenvalue weighted by Crippen LogP contribution is -2.29. The first kappa shape index (κ1) is 17.2. The van der Waals surface area contributed by atoms with Crippen LogP contribution in [0.25, 0.3) is 11.3 Å². The van der Waals surface area contributed by atoms with Gasteiger partial charge in [0, 0.05) is 31.1 Å². The van der Waals surface area contributed by atoms with Crippen molar-refractivity contribution in [3.05, 3.63) is 77.2 Å². The number of aromatic nitrogens is 2. The molecule has 1 aliphatic carbocycles. The largest absolute Gasteiger partial charge is 0.388 e. The lowest BCUT2D eigenvalue weighted by molar-refractivity contribution is 0.0717. The molecule has 0 saturated heterocycles. The van der Waals surface area contributed by atoms with Gasteiger partial charge in [0.05, 0.1) is 30.4 Å². The van der Waals surface area contributed by atoms with Gasteiger partial charge < -0.3 is 14.6 Å². The van der Waals surface area contributed by atoms with Crippen LogP contribution in [-0.2, 0) is 6.42 Å². The average molecular weight is 373 g/mol. The number of aryl methyl sites for hydroxylation is 1. The molecule has 3 aromatic rings. The second kappa shape index (κ2) is 6.31. The zero-order chi connectivity index (χ0) is 19.4. The number of amides is 1. The van der Waals surface area contributed by atoms with Gasteiger partial charge in [0.2, 0.25) is 0 Å². The SMILES string of the molecule is CN(C)C(=O)c1ccc2c(c1)CC[C@@H]([C@H]1c3ccccc3-c3cncn31)[C@H]2O. The predicted octanol–water partition coefficient (Wildman–Crippen LogP) is 3.45. The maximum Gasteiger partial charge on any atom is 0.253 e. The van der Waals surface area contributed by atoms with Crippen LogP contribution in [0.4, 0.5) is 0 Å². The molecule has 2 aliphatic rings. The molecule has 1 amide bonds.